The summed E-state index contributed by atoms with van der Waals surface area (Å²) >= 11 is 0. The van der Waals surface area contributed by atoms with Crippen LogP contribution in [-0.4, -0.2) is 25.8 Å². The van der Waals surface area contributed by atoms with Crippen molar-refractivity contribution < 1.29 is 4.74 Å². The Kier molecular flexibility index (Phi) is 5.06. The molecule has 1 heterocycles. The summed E-state index contributed by atoms with van der Waals surface area (Å²) in [6.45, 7) is 5.57. The van der Waals surface area contributed by atoms with Crippen LogP contribution < -0.4 is 5.32 Å². The summed E-state index contributed by atoms with van der Waals surface area (Å²) in [7, 11) is 1.80. The fraction of sp³-hybridized carbons (Fsp3) is 1.00. The fourth-order valence-corrected chi connectivity index (χ4v) is 1.63. The van der Waals surface area contributed by atoms with Gasteiger partial charge >= 0.3 is 0 Å². The zero-order chi connectivity index (χ0) is 7.56. The summed E-state index contributed by atoms with van der Waals surface area (Å²) in [6.07, 6.45) is 1.61. The van der Waals surface area contributed by atoms with E-state index in [1.165, 1.54) is 6.42 Å². The zero-order valence-corrected chi connectivity index (χ0v) is 8.28. The van der Waals surface area contributed by atoms with Gasteiger partial charge in [-0.2, -0.15) is 0 Å². The molecule has 1 aliphatic rings. The minimum atomic E-state index is 0. The Balaban J connectivity index is 0.000001000. The number of nitrogens with one attached hydrogen (secondary N) is 1. The average Bonchev–Trinajstić information content (AvgIpc) is 2.33. The van der Waals surface area contributed by atoms with Crippen molar-refractivity contribution in [2.75, 3.05) is 13.7 Å². The van der Waals surface area contributed by atoms with Gasteiger partial charge in [-0.05, 0) is 18.9 Å². The van der Waals surface area contributed by atoms with Crippen LogP contribution in [0.25, 0.3) is 0 Å². The molecule has 1 aliphatic heterocycles. The highest BCUT2D eigenvalue weighted by Crippen LogP contribution is 2.16. The van der Waals surface area contributed by atoms with Crippen LogP contribution >= 0.6 is 12.4 Å². The van der Waals surface area contributed by atoms with Crippen molar-refractivity contribution in [2.45, 2.75) is 32.4 Å². The number of rotatable bonds is 2. The van der Waals surface area contributed by atoms with E-state index in [9.17, 15) is 0 Å². The quantitative estimate of drug-likeness (QED) is 0.693. The first-order valence-electron chi connectivity index (χ1n) is 4.02. The van der Waals surface area contributed by atoms with Gasteiger partial charge in [-0.15, -0.1) is 12.4 Å². The van der Waals surface area contributed by atoms with Crippen molar-refractivity contribution in [3.63, 3.8) is 0 Å². The number of hydrogen-bond donors (Lipinski definition) is 1. The van der Waals surface area contributed by atoms with Crippen LogP contribution in [0.1, 0.15) is 20.3 Å². The summed E-state index contributed by atoms with van der Waals surface area (Å²) in [6, 6.07) is 0.574. The molecule has 68 valence electrons. The van der Waals surface area contributed by atoms with E-state index in [1.807, 2.05) is 0 Å². The number of ether oxygens (including phenoxy) is 1. The molecule has 0 radical (unpaired) electrons. The van der Waals surface area contributed by atoms with Gasteiger partial charge < -0.3 is 10.1 Å². The van der Waals surface area contributed by atoms with Crippen LogP contribution in [0.2, 0.25) is 0 Å². The molecule has 0 aromatic rings. The van der Waals surface area contributed by atoms with E-state index in [0.717, 1.165) is 6.54 Å². The van der Waals surface area contributed by atoms with Crippen molar-refractivity contribution >= 4 is 12.4 Å². The maximum absolute atomic E-state index is 5.32. The predicted octanol–water partition coefficient (Wildman–Crippen LogP) is 1.44. The van der Waals surface area contributed by atoms with Crippen molar-refractivity contribution in [1.29, 1.82) is 0 Å². The van der Waals surface area contributed by atoms with Crippen molar-refractivity contribution in [2.24, 2.45) is 5.92 Å². The van der Waals surface area contributed by atoms with Crippen LogP contribution in [0.4, 0.5) is 0 Å². The molecule has 0 amide bonds. The lowest BCUT2D eigenvalue weighted by Gasteiger charge is -2.21. The summed E-state index contributed by atoms with van der Waals surface area (Å²) in [4.78, 5) is 0. The van der Waals surface area contributed by atoms with Crippen LogP contribution in [0.15, 0.2) is 0 Å². The monoisotopic (exact) mass is 179 g/mol. The molecule has 11 heavy (non-hydrogen) atoms. The van der Waals surface area contributed by atoms with Gasteiger partial charge in [0.15, 0.2) is 0 Å². The topological polar surface area (TPSA) is 21.3 Å². The van der Waals surface area contributed by atoms with E-state index in [4.69, 9.17) is 4.74 Å². The number of halogens is 1. The molecular weight excluding hydrogens is 162 g/mol. The van der Waals surface area contributed by atoms with E-state index in [2.05, 4.69) is 19.2 Å². The molecule has 0 aromatic carbocycles. The van der Waals surface area contributed by atoms with Crippen LogP contribution in [0.5, 0.6) is 0 Å². The summed E-state index contributed by atoms with van der Waals surface area (Å²) in [5, 5.41) is 3.43. The third kappa shape index (κ3) is 2.62. The lowest BCUT2D eigenvalue weighted by atomic mass is 10.0. The predicted molar refractivity (Wildman–Crippen MR) is 49.3 cm³/mol. The van der Waals surface area contributed by atoms with Gasteiger partial charge in [0.05, 0.1) is 6.10 Å². The molecule has 0 saturated carbocycles. The molecule has 1 N–H and O–H groups in total. The summed E-state index contributed by atoms with van der Waals surface area (Å²) in [5.41, 5.74) is 0. The minimum absolute atomic E-state index is 0. The number of methoxy groups -OCH3 is 1. The second kappa shape index (κ2) is 4.96. The molecule has 0 spiro atoms. The average molecular weight is 180 g/mol. The standard InChI is InChI=1S/C8H17NO.ClH/c1-6(2)8-7(10-3)4-5-9-8;/h6-9H,4-5H2,1-3H3;1H/t7-,8-;/m1./s1. The molecule has 0 aromatic heterocycles. The minimum Gasteiger partial charge on any atom is -0.380 e. The SMILES string of the molecule is CO[C@@H]1CCN[C@@H]1C(C)C.Cl. The molecule has 0 aliphatic carbocycles. The highest BCUT2D eigenvalue weighted by molar-refractivity contribution is 5.85. The fourth-order valence-electron chi connectivity index (χ4n) is 1.63. The second-order valence-corrected chi connectivity index (χ2v) is 3.29. The largest absolute Gasteiger partial charge is 0.380 e. The molecule has 2 atom stereocenters. The first kappa shape index (κ1) is 11.2. The van der Waals surface area contributed by atoms with Crippen LogP contribution in [0.3, 0.4) is 0 Å². The first-order chi connectivity index (χ1) is 4.75. The van der Waals surface area contributed by atoms with Gasteiger partial charge in [0.2, 0.25) is 0 Å². The van der Waals surface area contributed by atoms with Crippen molar-refractivity contribution in [1.82, 2.24) is 5.32 Å². The molecule has 1 saturated heterocycles. The van der Waals surface area contributed by atoms with E-state index >= 15 is 0 Å². The third-order valence-corrected chi connectivity index (χ3v) is 2.23. The Morgan fingerprint density at radius 1 is 1.45 bits per heavy atom. The van der Waals surface area contributed by atoms with E-state index in [0.29, 0.717) is 18.1 Å². The molecule has 0 unspecified atom stereocenters. The summed E-state index contributed by atoms with van der Waals surface area (Å²) in [5.74, 6) is 0.687. The van der Waals surface area contributed by atoms with Crippen molar-refractivity contribution in [3.05, 3.63) is 0 Å². The third-order valence-electron chi connectivity index (χ3n) is 2.23. The van der Waals surface area contributed by atoms with Gasteiger partial charge in [0.1, 0.15) is 0 Å². The van der Waals surface area contributed by atoms with Crippen LogP contribution in [0, 0.1) is 5.92 Å². The Morgan fingerprint density at radius 3 is 2.45 bits per heavy atom. The first-order valence-corrected chi connectivity index (χ1v) is 4.02. The molecular formula is C8H18ClNO. The molecule has 1 rings (SSSR count). The smallest absolute Gasteiger partial charge is 0.0738 e. The van der Waals surface area contributed by atoms with E-state index < -0.39 is 0 Å². The number of hydrogen-bond acceptors (Lipinski definition) is 2. The van der Waals surface area contributed by atoms with Crippen LogP contribution in [-0.2, 0) is 4.74 Å². The Morgan fingerprint density at radius 2 is 2.09 bits per heavy atom. The maximum Gasteiger partial charge on any atom is 0.0738 e. The molecule has 0 bridgehead atoms. The van der Waals surface area contributed by atoms with Gasteiger partial charge in [0.25, 0.3) is 0 Å². The normalized spacial score (nSPS) is 30.5. The summed E-state index contributed by atoms with van der Waals surface area (Å²) < 4.78 is 5.32. The van der Waals surface area contributed by atoms with Gasteiger partial charge in [0, 0.05) is 13.2 Å². The highest BCUT2D eigenvalue weighted by Gasteiger charge is 2.28. The Hall–Kier alpha value is 0.210. The zero-order valence-electron chi connectivity index (χ0n) is 7.46. The van der Waals surface area contributed by atoms with Gasteiger partial charge in [-0.25, -0.2) is 0 Å². The van der Waals surface area contributed by atoms with Gasteiger partial charge in [-0.3, -0.25) is 0 Å². The molecule has 1 fully saturated rings. The van der Waals surface area contributed by atoms with Gasteiger partial charge in [-0.1, -0.05) is 13.8 Å². The Bertz CT molecular complexity index is 108. The van der Waals surface area contributed by atoms with Crippen molar-refractivity contribution in [3.8, 4) is 0 Å². The Labute approximate surface area is 75.1 Å². The second-order valence-electron chi connectivity index (χ2n) is 3.29. The van der Waals surface area contributed by atoms with E-state index in [1.54, 1.807) is 7.11 Å². The lowest BCUT2D eigenvalue weighted by Crippen LogP contribution is -2.36. The maximum atomic E-state index is 5.32. The lowest BCUT2D eigenvalue weighted by molar-refractivity contribution is 0.0785. The molecule has 2 nitrogen and oxygen atoms in total. The highest BCUT2D eigenvalue weighted by atomic mass is 35.5. The molecule has 3 heteroatoms. The van der Waals surface area contributed by atoms with E-state index in [-0.39, 0.29) is 12.4 Å².